The molecule has 2 N–H and O–H groups in total. The minimum Gasteiger partial charge on any atom is -0.491 e. The van der Waals surface area contributed by atoms with Crippen LogP contribution >= 0.6 is 11.6 Å². The third-order valence-corrected chi connectivity index (χ3v) is 14.5. The maximum Gasteiger partial charge on any atom is 0.264 e. The first-order valence-electron chi connectivity index (χ1n) is 19.2. The molecule has 2 aliphatic carbocycles. The minimum atomic E-state index is -3.98. The Labute approximate surface area is 313 Å². The quantitative estimate of drug-likeness (QED) is 0.349. The predicted molar refractivity (Wildman–Crippen MR) is 203 cm³/mol. The number of fused-ring (bicyclic) bond motifs is 5. The van der Waals surface area contributed by atoms with Crippen LogP contribution in [0.3, 0.4) is 0 Å². The number of piperazine rings is 1. The molecule has 4 aliphatic heterocycles. The zero-order valence-electron chi connectivity index (χ0n) is 30.9. The monoisotopic (exact) mass is 756 g/mol. The fraction of sp³-hybridized carbons (Fsp3) is 0.625. The van der Waals surface area contributed by atoms with E-state index in [0.29, 0.717) is 68.2 Å². The lowest BCUT2D eigenvalue weighted by atomic mass is 9.64. The first-order chi connectivity index (χ1) is 24.9. The van der Waals surface area contributed by atoms with Crippen LogP contribution in [-0.2, 0) is 27.7 Å². The number of ether oxygens (including phenoxy) is 2. The van der Waals surface area contributed by atoms with Crippen LogP contribution in [0.5, 0.6) is 5.75 Å². The van der Waals surface area contributed by atoms with E-state index in [1.54, 1.807) is 31.2 Å². The highest BCUT2D eigenvalue weighted by Crippen LogP contribution is 2.48. The summed E-state index contributed by atoms with van der Waals surface area (Å²) in [6.45, 7) is 13.0. The number of benzene rings is 2. The van der Waals surface area contributed by atoms with Crippen molar-refractivity contribution in [1.82, 2.24) is 14.9 Å². The number of hydrogen-bond donors (Lipinski definition) is 2. The summed E-state index contributed by atoms with van der Waals surface area (Å²) in [5.74, 6) is 0.0102. The van der Waals surface area contributed by atoms with Crippen molar-refractivity contribution in [3.8, 4) is 5.75 Å². The van der Waals surface area contributed by atoms with Crippen molar-refractivity contribution in [3.05, 3.63) is 69.5 Å². The molecule has 12 heteroatoms. The fourth-order valence-corrected chi connectivity index (χ4v) is 10.5. The number of hydrogen-bond acceptors (Lipinski definition) is 8. The summed E-state index contributed by atoms with van der Waals surface area (Å²) in [4.78, 5) is 18.3. The second-order valence-electron chi connectivity index (χ2n) is 16.0. The molecule has 2 aromatic carbocycles. The van der Waals surface area contributed by atoms with Gasteiger partial charge in [0.25, 0.3) is 5.91 Å². The van der Waals surface area contributed by atoms with Crippen LogP contribution in [0.25, 0.3) is 0 Å². The molecule has 8 rings (SSSR count). The average molecular weight is 757 g/mol. The number of rotatable bonds is 4. The van der Waals surface area contributed by atoms with Gasteiger partial charge in [-0.3, -0.25) is 9.69 Å². The Kier molecular flexibility index (Phi) is 11.3. The van der Waals surface area contributed by atoms with E-state index >= 15 is 4.39 Å². The summed E-state index contributed by atoms with van der Waals surface area (Å²) in [7, 11) is -3.98. The van der Waals surface area contributed by atoms with Gasteiger partial charge < -0.3 is 19.7 Å². The molecule has 0 spiro atoms. The molecule has 2 aromatic rings. The Morgan fingerprint density at radius 3 is 2.54 bits per heavy atom. The number of carbonyl (C=O) groups is 1. The van der Waals surface area contributed by atoms with E-state index in [1.807, 2.05) is 13.0 Å². The first kappa shape index (κ1) is 37.6. The van der Waals surface area contributed by atoms with Crippen molar-refractivity contribution in [2.24, 2.45) is 23.7 Å². The van der Waals surface area contributed by atoms with E-state index in [2.05, 4.69) is 39.8 Å². The van der Waals surface area contributed by atoms with Gasteiger partial charge in [0, 0.05) is 50.4 Å². The zero-order valence-corrected chi connectivity index (χ0v) is 32.4. The Morgan fingerprint density at radius 1 is 1.04 bits per heavy atom. The van der Waals surface area contributed by atoms with Crippen LogP contribution in [0, 0.1) is 29.5 Å². The van der Waals surface area contributed by atoms with Crippen molar-refractivity contribution >= 4 is 33.2 Å². The molecule has 0 radical (unpaired) electrons. The normalized spacial score (nSPS) is 32.4. The van der Waals surface area contributed by atoms with Crippen molar-refractivity contribution in [2.45, 2.75) is 96.2 Å². The number of nitrogens with zero attached hydrogens (tertiary/aromatic N) is 2. The maximum atomic E-state index is 15.6. The van der Waals surface area contributed by atoms with Crippen LogP contribution in [-0.4, -0.2) is 82.1 Å². The van der Waals surface area contributed by atoms with Crippen LogP contribution in [0.1, 0.15) is 81.3 Å². The lowest BCUT2D eigenvalue weighted by Crippen LogP contribution is -2.55. The van der Waals surface area contributed by atoms with Gasteiger partial charge in [0.05, 0.1) is 35.3 Å². The van der Waals surface area contributed by atoms with Crippen LogP contribution in [0.2, 0.25) is 5.02 Å². The van der Waals surface area contributed by atoms with Gasteiger partial charge in [0.15, 0.2) is 0 Å². The molecule has 6 aliphatic rings. The van der Waals surface area contributed by atoms with E-state index in [4.69, 9.17) is 21.1 Å². The average Bonchev–Trinajstić information content (AvgIpc) is 3.09. The number of carbonyl (C=O) groups excluding carboxylic acids is 1. The number of allylic oxidation sites excluding steroid dienone is 1. The molecule has 8 atom stereocenters. The largest absolute Gasteiger partial charge is 0.491 e. The van der Waals surface area contributed by atoms with Crippen LogP contribution in [0.15, 0.2) is 42.0 Å². The number of amides is 1. The second-order valence-corrected chi connectivity index (χ2v) is 18.5. The van der Waals surface area contributed by atoms with Gasteiger partial charge in [-0.1, -0.05) is 30.7 Å². The molecule has 1 saturated heterocycles. The summed E-state index contributed by atoms with van der Waals surface area (Å²) < 4.78 is 58.5. The maximum absolute atomic E-state index is 15.6. The molecule has 9 nitrogen and oxygen atoms in total. The highest BCUT2D eigenvalue weighted by molar-refractivity contribution is 7.90. The van der Waals surface area contributed by atoms with Crippen LogP contribution in [0.4, 0.5) is 10.1 Å². The molecule has 1 saturated carbocycles. The van der Waals surface area contributed by atoms with Gasteiger partial charge in [0.1, 0.15) is 11.6 Å². The van der Waals surface area contributed by atoms with Gasteiger partial charge in [-0.15, -0.1) is 0 Å². The van der Waals surface area contributed by atoms with E-state index in [-0.39, 0.29) is 46.2 Å². The number of anilines is 1. The van der Waals surface area contributed by atoms with Crippen LogP contribution < -0.4 is 19.7 Å². The third-order valence-electron chi connectivity index (χ3n) is 12.4. The van der Waals surface area contributed by atoms with Gasteiger partial charge in [-0.05, 0) is 124 Å². The Balaban J connectivity index is 1.25. The summed E-state index contributed by atoms with van der Waals surface area (Å²) >= 11 is 6.30. The lowest BCUT2D eigenvalue weighted by molar-refractivity contribution is -0.0348. The smallest absolute Gasteiger partial charge is 0.264 e. The molecular formula is C40H54ClFN4O5S. The minimum absolute atomic E-state index is 0.0611. The second kappa shape index (κ2) is 15.6. The summed E-state index contributed by atoms with van der Waals surface area (Å²) in [5.41, 5.74) is 3.63. The molecule has 0 unspecified atom stereocenters. The van der Waals surface area contributed by atoms with E-state index < -0.39 is 21.2 Å². The number of nitrogens with one attached hydrogen (secondary N) is 2. The molecule has 2 fully saturated rings. The van der Waals surface area contributed by atoms with E-state index in [9.17, 15) is 13.2 Å². The highest BCUT2D eigenvalue weighted by atomic mass is 35.5. The molecule has 4 heterocycles. The Bertz CT molecular complexity index is 1780. The molecule has 0 aromatic heterocycles. The predicted octanol–water partition coefficient (Wildman–Crippen LogP) is 6.34. The van der Waals surface area contributed by atoms with Gasteiger partial charge in [-0.2, -0.15) is 0 Å². The Hall–Kier alpha value is -2.70. The molecule has 52 heavy (non-hydrogen) atoms. The van der Waals surface area contributed by atoms with Crippen molar-refractivity contribution in [1.29, 1.82) is 0 Å². The standard InChI is InChI=1S/C40H54ClFN4O5S/c1-24-20-45(21-25(2)43-24)14-16-51-39-32-17-31(18-32)26(3)27(4)52(48,49)44-40(47)28-10-13-37-36(19-28)46(23-30-8-11-34(30)39)22-29-9-12-35(41)38(42)33(29)7-5-6-15-50-37/h9-10,12-13,17,19,24-27,30-31,34,39,43H,5-8,11,14-16,18,20-23H2,1-4H3,(H,44,47)/t24-,25+,26-,27-,30+,31+,34-,39+/m1/s1. The SMILES string of the molecule is C[C@@H]1[C@@H](C)S(=O)(=O)NC(=O)c2ccc3c(c2)N(Cc2ccc(Cl)c(F)c2CCCCO3)C[C@@H]2CC[C@H]2[C@@H](OCCN2C[C@@H](C)N[C@@H](C)C2)C2=C[C@H]1C2. The van der Waals surface area contributed by atoms with Crippen molar-refractivity contribution in [3.63, 3.8) is 0 Å². The summed E-state index contributed by atoms with van der Waals surface area (Å²) in [6.07, 6.45) is 7.00. The molecule has 284 valence electrons. The molecule has 4 bridgehead atoms. The lowest BCUT2D eigenvalue weighted by Gasteiger charge is -2.48. The fourth-order valence-electron chi connectivity index (χ4n) is 9.03. The van der Waals surface area contributed by atoms with Gasteiger partial charge in [-0.25, -0.2) is 17.5 Å². The highest BCUT2D eigenvalue weighted by Gasteiger charge is 2.45. The van der Waals surface area contributed by atoms with Gasteiger partial charge >= 0.3 is 0 Å². The first-order valence-corrected chi connectivity index (χ1v) is 21.1. The third kappa shape index (κ3) is 7.90. The van der Waals surface area contributed by atoms with Crippen molar-refractivity contribution < 1.29 is 27.1 Å². The van der Waals surface area contributed by atoms with E-state index in [1.165, 1.54) is 5.57 Å². The molecule has 1 amide bonds. The summed E-state index contributed by atoms with van der Waals surface area (Å²) in [6, 6.07) is 9.52. The van der Waals surface area contributed by atoms with E-state index in [0.717, 1.165) is 50.9 Å². The number of halogens is 2. The summed E-state index contributed by atoms with van der Waals surface area (Å²) in [5, 5.41) is 2.94. The number of sulfonamides is 1. The van der Waals surface area contributed by atoms with Crippen molar-refractivity contribution in [2.75, 3.05) is 44.3 Å². The van der Waals surface area contributed by atoms with Gasteiger partial charge in [0.2, 0.25) is 10.0 Å². The molecular weight excluding hydrogens is 703 g/mol. The zero-order chi connectivity index (χ0) is 36.7. The Morgan fingerprint density at radius 2 is 1.81 bits per heavy atom. The topological polar surface area (TPSA) is 100 Å².